The number of hydrogen-bond acceptors (Lipinski definition) is 3. The van der Waals surface area contributed by atoms with Gasteiger partial charge in [0.1, 0.15) is 0 Å². The predicted octanol–water partition coefficient (Wildman–Crippen LogP) is 2.35. The third-order valence-electron chi connectivity index (χ3n) is 4.17. The van der Waals surface area contributed by atoms with Gasteiger partial charge in [0.05, 0.1) is 29.3 Å². The maximum Gasteiger partial charge on any atom is 0.322 e. The molecule has 3 amide bonds. The Balaban J connectivity index is 1.72. The quantitative estimate of drug-likeness (QED) is 0.896. The molecule has 0 atom stereocenters. The van der Waals surface area contributed by atoms with E-state index in [1.807, 2.05) is 35.0 Å². The maximum absolute atomic E-state index is 12.4. The molecular weight excluding hydrogens is 318 g/mol. The Kier molecular flexibility index (Phi) is 4.74. The molecule has 0 spiro atoms. The summed E-state index contributed by atoms with van der Waals surface area (Å²) in [7, 11) is 0. The Hall–Kier alpha value is -2.83. The lowest BCUT2D eigenvalue weighted by Gasteiger charge is -2.39. The van der Waals surface area contributed by atoms with Crippen molar-refractivity contribution < 1.29 is 9.59 Å². The first-order valence-electron chi connectivity index (χ1n) is 8.42. The summed E-state index contributed by atoms with van der Waals surface area (Å²) in [6.45, 7) is 6.67. The van der Waals surface area contributed by atoms with E-state index in [4.69, 9.17) is 0 Å². The highest BCUT2D eigenvalue weighted by Crippen LogP contribution is 2.27. The van der Waals surface area contributed by atoms with Gasteiger partial charge in [0.15, 0.2) is 0 Å². The molecule has 25 heavy (non-hydrogen) atoms. The molecule has 0 unspecified atom stereocenters. The van der Waals surface area contributed by atoms with Crippen molar-refractivity contribution in [2.45, 2.75) is 32.7 Å². The van der Waals surface area contributed by atoms with Crippen molar-refractivity contribution in [3.8, 4) is 5.69 Å². The first-order valence-corrected chi connectivity index (χ1v) is 8.42. The fourth-order valence-electron chi connectivity index (χ4n) is 3.00. The van der Waals surface area contributed by atoms with Gasteiger partial charge >= 0.3 is 6.03 Å². The van der Waals surface area contributed by atoms with Crippen molar-refractivity contribution in [2.75, 3.05) is 18.4 Å². The highest BCUT2D eigenvalue weighted by atomic mass is 16.2. The zero-order chi connectivity index (χ0) is 18.0. The van der Waals surface area contributed by atoms with Crippen LogP contribution in [-0.2, 0) is 4.79 Å². The second-order valence-electron chi connectivity index (χ2n) is 6.58. The number of hydrogen-bond donors (Lipinski definition) is 2. The summed E-state index contributed by atoms with van der Waals surface area (Å²) < 4.78 is 1.86. The lowest BCUT2D eigenvalue weighted by Crippen LogP contribution is -2.61. The summed E-state index contributed by atoms with van der Waals surface area (Å²) in [5, 5.41) is 10.2. The van der Waals surface area contributed by atoms with Gasteiger partial charge in [-0.25, -0.2) is 9.48 Å². The lowest BCUT2D eigenvalue weighted by atomic mass is 10.1. The zero-order valence-electron chi connectivity index (χ0n) is 14.7. The topological polar surface area (TPSA) is 79.3 Å². The van der Waals surface area contributed by atoms with Crippen LogP contribution in [0.3, 0.4) is 0 Å². The van der Waals surface area contributed by atoms with E-state index in [9.17, 15) is 9.59 Å². The average Bonchev–Trinajstić information content (AvgIpc) is 2.94. The Morgan fingerprint density at radius 1 is 1.20 bits per heavy atom. The third-order valence-corrected chi connectivity index (χ3v) is 4.17. The number of urea groups is 1. The summed E-state index contributed by atoms with van der Waals surface area (Å²) in [6.07, 6.45) is 1.69. The largest absolute Gasteiger partial charge is 0.350 e. The van der Waals surface area contributed by atoms with E-state index in [-0.39, 0.29) is 23.9 Å². The Bertz CT molecular complexity index is 763. The Morgan fingerprint density at radius 2 is 1.88 bits per heavy atom. The fourth-order valence-corrected chi connectivity index (χ4v) is 3.00. The molecule has 0 aliphatic carbocycles. The average molecular weight is 341 g/mol. The zero-order valence-corrected chi connectivity index (χ0v) is 14.7. The van der Waals surface area contributed by atoms with Gasteiger partial charge in [-0.2, -0.15) is 5.10 Å². The number of likely N-dealkylation sites (tertiary alicyclic amines) is 1. The van der Waals surface area contributed by atoms with Gasteiger partial charge in [-0.15, -0.1) is 0 Å². The van der Waals surface area contributed by atoms with E-state index in [0.29, 0.717) is 18.8 Å². The number of para-hydroxylation sites is 1. The van der Waals surface area contributed by atoms with Gasteiger partial charge in [-0.05, 0) is 18.1 Å². The van der Waals surface area contributed by atoms with Gasteiger partial charge in [0, 0.05) is 20.0 Å². The van der Waals surface area contributed by atoms with Gasteiger partial charge in [-0.3, -0.25) is 4.79 Å². The van der Waals surface area contributed by atoms with Crippen LogP contribution in [0.1, 0.15) is 32.4 Å². The molecule has 2 heterocycles. The molecule has 2 N–H and O–H groups in total. The van der Waals surface area contributed by atoms with Crippen LogP contribution in [0.5, 0.6) is 0 Å². The Morgan fingerprint density at radius 3 is 2.48 bits per heavy atom. The normalized spacial score (nSPS) is 14.3. The van der Waals surface area contributed by atoms with Crippen molar-refractivity contribution in [3.05, 3.63) is 42.2 Å². The fraction of sp³-hybridized carbons (Fsp3) is 0.389. The second-order valence-corrected chi connectivity index (χ2v) is 6.58. The molecule has 1 aromatic heterocycles. The van der Waals surface area contributed by atoms with Crippen molar-refractivity contribution >= 4 is 17.6 Å². The van der Waals surface area contributed by atoms with E-state index in [1.165, 1.54) is 6.92 Å². The highest BCUT2D eigenvalue weighted by molar-refractivity contribution is 5.90. The molecule has 1 aliphatic heterocycles. The van der Waals surface area contributed by atoms with Crippen molar-refractivity contribution in [1.29, 1.82) is 0 Å². The SMILES string of the molecule is CC(=O)NC1CN(C(=O)Nc2cnn(-c3ccccc3)c2C(C)C)C1. The van der Waals surface area contributed by atoms with Crippen LogP contribution in [0.15, 0.2) is 36.5 Å². The minimum atomic E-state index is -0.170. The van der Waals surface area contributed by atoms with Gasteiger partial charge in [0.2, 0.25) is 5.91 Å². The maximum atomic E-state index is 12.4. The number of anilines is 1. The standard InChI is InChI=1S/C18H23N5O2/c1-12(2)17-16(9-19-23(17)15-7-5-4-6-8-15)21-18(25)22-10-14(11-22)20-13(3)24/h4-9,12,14H,10-11H2,1-3H3,(H,20,24)(H,21,25). The van der Waals surface area contributed by atoms with Gasteiger partial charge < -0.3 is 15.5 Å². The first-order chi connectivity index (χ1) is 12.0. The number of aromatic nitrogens is 2. The second kappa shape index (κ2) is 6.96. The molecule has 3 rings (SSSR count). The molecule has 1 aromatic carbocycles. The number of carbonyl (C=O) groups is 2. The Labute approximate surface area is 147 Å². The summed E-state index contributed by atoms with van der Waals surface area (Å²) in [5.74, 6) is 0.123. The first kappa shape index (κ1) is 17.0. The van der Waals surface area contributed by atoms with Gasteiger partial charge in [0.25, 0.3) is 0 Å². The molecule has 132 valence electrons. The summed E-state index contributed by atoms with van der Waals surface area (Å²) in [4.78, 5) is 25.1. The monoisotopic (exact) mass is 341 g/mol. The van der Waals surface area contributed by atoms with Gasteiger partial charge in [-0.1, -0.05) is 32.0 Å². The van der Waals surface area contributed by atoms with Crippen LogP contribution in [0.25, 0.3) is 5.69 Å². The molecule has 2 aromatic rings. The molecule has 0 saturated carbocycles. The number of carbonyl (C=O) groups excluding carboxylic acids is 2. The van der Waals surface area contributed by atoms with Crippen molar-refractivity contribution in [1.82, 2.24) is 20.0 Å². The van der Waals surface area contributed by atoms with Crippen LogP contribution in [0, 0.1) is 0 Å². The molecule has 7 heteroatoms. The van der Waals surface area contributed by atoms with Crippen LogP contribution in [-0.4, -0.2) is 45.8 Å². The predicted molar refractivity (Wildman–Crippen MR) is 95.8 cm³/mol. The van der Waals surface area contributed by atoms with E-state index < -0.39 is 0 Å². The third kappa shape index (κ3) is 3.65. The van der Waals surface area contributed by atoms with E-state index in [1.54, 1.807) is 11.1 Å². The van der Waals surface area contributed by atoms with Crippen molar-refractivity contribution in [2.24, 2.45) is 0 Å². The smallest absolute Gasteiger partial charge is 0.322 e. The molecule has 1 fully saturated rings. The van der Waals surface area contributed by atoms with Crippen LogP contribution in [0.2, 0.25) is 0 Å². The molecule has 1 aliphatic rings. The van der Waals surface area contributed by atoms with Crippen LogP contribution < -0.4 is 10.6 Å². The summed E-state index contributed by atoms with van der Waals surface area (Å²) in [6, 6.07) is 9.72. The number of nitrogens with one attached hydrogen (secondary N) is 2. The minimum Gasteiger partial charge on any atom is -0.350 e. The summed E-state index contributed by atoms with van der Waals surface area (Å²) >= 11 is 0. The highest BCUT2D eigenvalue weighted by Gasteiger charge is 2.31. The minimum absolute atomic E-state index is 0.0415. The molecule has 7 nitrogen and oxygen atoms in total. The van der Waals surface area contributed by atoms with E-state index in [2.05, 4.69) is 29.6 Å². The van der Waals surface area contributed by atoms with Crippen LogP contribution >= 0.6 is 0 Å². The van der Waals surface area contributed by atoms with Crippen molar-refractivity contribution in [3.63, 3.8) is 0 Å². The molecule has 0 bridgehead atoms. The number of benzene rings is 1. The van der Waals surface area contributed by atoms with Crippen LogP contribution in [0.4, 0.5) is 10.5 Å². The molecule has 0 radical (unpaired) electrons. The number of nitrogens with zero attached hydrogens (tertiary/aromatic N) is 3. The van der Waals surface area contributed by atoms with E-state index in [0.717, 1.165) is 11.4 Å². The summed E-state index contributed by atoms with van der Waals surface area (Å²) in [5.41, 5.74) is 2.63. The van der Waals surface area contributed by atoms with E-state index >= 15 is 0 Å². The molecule has 1 saturated heterocycles. The number of rotatable bonds is 4. The lowest BCUT2D eigenvalue weighted by molar-refractivity contribution is -0.120. The number of amides is 3. The molecular formula is C18H23N5O2.